The molecule has 1 N–H and O–H groups in total. The number of sulfone groups is 1. The van der Waals surface area contributed by atoms with E-state index in [1.54, 1.807) is 0 Å². The van der Waals surface area contributed by atoms with Crippen LogP contribution in [0.3, 0.4) is 0 Å². The fraction of sp³-hybridized carbons (Fsp3) is 1.00. The van der Waals surface area contributed by atoms with Crippen molar-refractivity contribution in [1.29, 1.82) is 0 Å². The Balaban J connectivity index is 1.92. The van der Waals surface area contributed by atoms with Crippen molar-refractivity contribution in [2.24, 2.45) is 0 Å². The largest absolute Gasteiger partial charge is 0.313 e. The molecular weight excluding hydrogens is 162 g/mol. The normalized spacial score (nSPS) is 31.5. The third-order valence-electron chi connectivity index (χ3n) is 2.39. The van der Waals surface area contributed by atoms with E-state index in [-0.39, 0.29) is 11.3 Å². The molecule has 2 aliphatic rings. The highest BCUT2D eigenvalue weighted by Crippen LogP contribution is 2.29. The summed E-state index contributed by atoms with van der Waals surface area (Å²) in [4.78, 5) is 0. The van der Waals surface area contributed by atoms with E-state index in [1.807, 2.05) is 0 Å². The Labute approximate surface area is 67.1 Å². The van der Waals surface area contributed by atoms with Gasteiger partial charge < -0.3 is 5.32 Å². The molecule has 1 aliphatic heterocycles. The molecule has 0 bridgehead atoms. The molecule has 64 valence electrons. The lowest BCUT2D eigenvalue weighted by atomic mass is 10.1. The first-order chi connectivity index (χ1) is 5.18. The summed E-state index contributed by atoms with van der Waals surface area (Å²) in [6.07, 6.45) is 2.83. The first-order valence-corrected chi connectivity index (χ1v) is 5.85. The van der Waals surface area contributed by atoms with Gasteiger partial charge in [-0.1, -0.05) is 0 Å². The Morgan fingerprint density at radius 3 is 2.27 bits per heavy atom. The van der Waals surface area contributed by atoms with E-state index in [9.17, 15) is 8.42 Å². The number of hydrogen-bond donors (Lipinski definition) is 1. The van der Waals surface area contributed by atoms with Crippen LogP contribution in [0.1, 0.15) is 19.3 Å². The van der Waals surface area contributed by atoms with Crippen LogP contribution in [0.15, 0.2) is 0 Å². The average molecular weight is 175 g/mol. The molecule has 0 spiro atoms. The summed E-state index contributed by atoms with van der Waals surface area (Å²) in [6, 6.07) is 0.264. The second kappa shape index (κ2) is 2.45. The minimum absolute atomic E-state index is 0.0184. The van der Waals surface area contributed by atoms with Gasteiger partial charge in [-0.05, 0) is 25.8 Å². The van der Waals surface area contributed by atoms with E-state index in [4.69, 9.17) is 0 Å². The van der Waals surface area contributed by atoms with Crippen LogP contribution in [0.4, 0.5) is 0 Å². The molecular formula is C7H13NO2S. The van der Waals surface area contributed by atoms with Gasteiger partial charge in [0.25, 0.3) is 0 Å². The van der Waals surface area contributed by atoms with Crippen LogP contribution in [-0.4, -0.2) is 32.0 Å². The average Bonchev–Trinajstić information content (AvgIpc) is 2.58. The van der Waals surface area contributed by atoms with Crippen LogP contribution in [0.25, 0.3) is 0 Å². The predicted octanol–water partition coefficient (Wildman–Crippen LogP) is -0.0745. The van der Waals surface area contributed by atoms with Crippen molar-refractivity contribution in [1.82, 2.24) is 5.32 Å². The standard InChI is InChI=1S/C7H13NO2S/c9-11(10,7-1-2-7)5-6-3-4-8-6/h6-8H,1-5H2. The Bertz CT molecular complexity index is 239. The van der Waals surface area contributed by atoms with Gasteiger partial charge in [0, 0.05) is 6.04 Å². The second-order valence-electron chi connectivity index (χ2n) is 3.47. The highest BCUT2D eigenvalue weighted by molar-refractivity contribution is 7.92. The molecule has 0 aromatic heterocycles. The highest BCUT2D eigenvalue weighted by atomic mass is 32.2. The van der Waals surface area contributed by atoms with Crippen molar-refractivity contribution in [3.05, 3.63) is 0 Å². The molecule has 0 aromatic rings. The van der Waals surface area contributed by atoms with E-state index in [1.165, 1.54) is 0 Å². The van der Waals surface area contributed by atoms with E-state index < -0.39 is 9.84 Å². The zero-order chi connectivity index (χ0) is 7.90. The van der Waals surface area contributed by atoms with Crippen LogP contribution in [0, 0.1) is 0 Å². The van der Waals surface area contributed by atoms with Gasteiger partial charge in [0.2, 0.25) is 0 Å². The molecule has 2 rings (SSSR count). The third kappa shape index (κ3) is 1.56. The highest BCUT2D eigenvalue weighted by Gasteiger charge is 2.37. The molecule has 4 heteroatoms. The summed E-state index contributed by atoms with van der Waals surface area (Å²) in [5.74, 6) is 0.373. The quantitative estimate of drug-likeness (QED) is 0.653. The Hall–Kier alpha value is -0.0900. The van der Waals surface area contributed by atoms with Gasteiger partial charge in [-0.2, -0.15) is 0 Å². The lowest BCUT2D eigenvalue weighted by molar-refractivity contribution is 0.398. The van der Waals surface area contributed by atoms with Gasteiger partial charge in [-0.25, -0.2) is 8.42 Å². The van der Waals surface area contributed by atoms with Crippen LogP contribution < -0.4 is 5.32 Å². The first-order valence-electron chi connectivity index (χ1n) is 4.13. The van der Waals surface area contributed by atoms with Crippen molar-refractivity contribution < 1.29 is 8.42 Å². The van der Waals surface area contributed by atoms with Crippen LogP contribution >= 0.6 is 0 Å². The van der Waals surface area contributed by atoms with Gasteiger partial charge in [0.05, 0.1) is 11.0 Å². The van der Waals surface area contributed by atoms with Gasteiger partial charge in [0.15, 0.2) is 9.84 Å². The monoisotopic (exact) mass is 175 g/mol. The van der Waals surface area contributed by atoms with E-state index in [0.717, 1.165) is 25.8 Å². The van der Waals surface area contributed by atoms with Crippen LogP contribution in [-0.2, 0) is 9.84 Å². The molecule has 1 saturated carbocycles. The topological polar surface area (TPSA) is 46.2 Å². The Kier molecular flexibility index (Phi) is 1.68. The fourth-order valence-corrected chi connectivity index (χ4v) is 3.31. The lowest BCUT2D eigenvalue weighted by Gasteiger charge is -2.27. The molecule has 2 fully saturated rings. The van der Waals surface area contributed by atoms with Gasteiger partial charge in [-0.3, -0.25) is 0 Å². The van der Waals surface area contributed by atoms with Gasteiger partial charge >= 0.3 is 0 Å². The van der Waals surface area contributed by atoms with E-state index >= 15 is 0 Å². The fourth-order valence-electron chi connectivity index (χ4n) is 1.33. The first kappa shape index (κ1) is 7.55. The van der Waals surface area contributed by atoms with Crippen molar-refractivity contribution in [3.8, 4) is 0 Å². The van der Waals surface area contributed by atoms with E-state index in [0.29, 0.717) is 5.75 Å². The maximum atomic E-state index is 11.4. The van der Waals surface area contributed by atoms with Crippen molar-refractivity contribution in [3.63, 3.8) is 0 Å². The zero-order valence-electron chi connectivity index (χ0n) is 6.41. The van der Waals surface area contributed by atoms with Crippen molar-refractivity contribution >= 4 is 9.84 Å². The molecule has 1 unspecified atom stereocenters. The molecule has 0 radical (unpaired) electrons. The molecule has 11 heavy (non-hydrogen) atoms. The predicted molar refractivity (Wildman–Crippen MR) is 43.2 cm³/mol. The molecule has 1 saturated heterocycles. The van der Waals surface area contributed by atoms with Crippen LogP contribution in [0.5, 0.6) is 0 Å². The number of hydrogen-bond acceptors (Lipinski definition) is 3. The van der Waals surface area contributed by atoms with Crippen LogP contribution in [0.2, 0.25) is 0 Å². The molecule has 1 heterocycles. The minimum Gasteiger partial charge on any atom is -0.313 e. The molecule has 3 nitrogen and oxygen atoms in total. The summed E-state index contributed by atoms with van der Waals surface area (Å²) < 4.78 is 22.7. The maximum absolute atomic E-state index is 11.4. The summed E-state index contributed by atoms with van der Waals surface area (Å²) in [7, 11) is -2.71. The smallest absolute Gasteiger partial charge is 0.154 e. The Morgan fingerprint density at radius 2 is 1.91 bits per heavy atom. The minimum atomic E-state index is -2.71. The molecule has 1 aliphatic carbocycles. The molecule has 0 aromatic carbocycles. The molecule has 0 amide bonds. The summed E-state index contributed by atoms with van der Waals surface area (Å²) in [5.41, 5.74) is 0. The summed E-state index contributed by atoms with van der Waals surface area (Å²) in [5, 5.41) is 3.12. The molecule has 1 atom stereocenters. The number of nitrogens with one attached hydrogen (secondary N) is 1. The van der Waals surface area contributed by atoms with Crippen molar-refractivity contribution in [2.75, 3.05) is 12.3 Å². The SMILES string of the molecule is O=S(=O)(CC1CCN1)C1CC1. The number of rotatable bonds is 3. The third-order valence-corrected chi connectivity index (χ3v) is 4.75. The van der Waals surface area contributed by atoms with Crippen molar-refractivity contribution in [2.45, 2.75) is 30.6 Å². The maximum Gasteiger partial charge on any atom is 0.154 e. The zero-order valence-corrected chi connectivity index (χ0v) is 7.23. The van der Waals surface area contributed by atoms with Gasteiger partial charge in [0.1, 0.15) is 0 Å². The summed E-state index contributed by atoms with van der Waals surface area (Å²) in [6.45, 7) is 0.991. The lowest BCUT2D eigenvalue weighted by Crippen LogP contribution is -2.47. The Morgan fingerprint density at radius 1 is 1.27 bits per heavy atom. The van der Waals surface area contributed by atoms with Gasteiger partial charge in [-0.15, -0.1) is 0 Å². The summed E-state index contributed by atoms with van der Waals surface area (Å²) >= 11 is 0. The van der Waals surface area contributed by atoms with E-state index in [2.05, 4.69) is 5.32 Å². The second-order valence-corrected chi connectivity index (χ2v) is 5.79.